The van der Waals surface area contributed by atoms with Gasteiger partial charge in [-0.05, 0) is 45.4 Å². The molecule has 0 aromatic heterocycles. The second-order valence-corrected chi connectivity index (χ2v) is 5.91. The summed E-state index contributed by atoms with van der Waals surface area (Å²) in [6, 6.07) is 8.59. The number of nitrogens with zero attached hydrogens (tertiary/aromatic N) is 2. The van der Waals surface area contributed by atoms with Crippen molar-refractivity contribution in [1.29, 1.82) is 5.26 Å². The lowest BCUT2D eigenvalue weighted by molar-refractivity contribution is -0.150. The van der Waals surface area contributed by atoms with Gasteiger partial charge in [0.25, 0.3) is 0 Å². The molecule has 6 nitrogen and oxygen atoms in total. The van der Waals surface area contributed by atoms with Crippen molar-refractivity contribution < 1.29 is 14.3 Å². The molecule has 1 N–H and O–H groups in total. The molecule has 128 valence electrons. The summed E-state index contributed by atoms with van der Waals surface area (Å²) in [6.07, 6.45) is 1.65. The minimum Gasteiger partial charge on any atom is -0.466 e. The molecule has 24 heavy (non-hydrogen) atoms. The number of carbonyl (C=O) groups is 2. The van der Waals surface area contributed by atoms with Crippen molar-refractivity contribution in [3.8, 4) is 6.07 Å². The van der Waals surface area contributed by atoms with Crippen LogP contribution in [0.3, 0.4) is 0 Å². The highest BCUT2D eigenvalue weighted by molar-refractivity contribution is 5.95. The molecule has 1 aliphatic heterocycles. The van der Waals surface area contributed by atoms with Crippen LogP contribution in [0.4, 0.5) is 5.69 Å². The van der Waals surface area contributed by atoms with Gasteiger partial charge in [0.05, 0.1) is 29.8 Å². The van der Waals surface area contributed by atoms with Gasteiger partial charge in [0.15, 0.2) is 0 Å². The maximum absolute atomic E-state index is 12.5. The Labute approximate surface area is 142 Å². The van der Waals surface area contributed by atoms with Gasteiger partial charge in [-0.3, -0.25) is 14.5 Å². The van der Waals surface area contributed by atoms with E-state index in [1.54, 1.807) is 31.2 Å². The first-order chi connectivity index (χ1) is 11.6. The van der Waals surface area contributed by atoms with Crippen LogP contribution in [-0.2, 0) is 14.3 Å². The molecular weight excluding hydrogens is 306 g/mol. The molecule has 1 aromatic carbocycles. The van der Waals surface area contributed by atoms with Gasteiger partial charge in [-0.1, -0.05) is 12.1 Å². The number of nitriles is 1. The molecule has 1 amide bonds. The Morgan fingerprint density at radius 1 is 1.46 bits per heavy atom. The highest BCUT2D eigenvalue weighted by Gasteiger charge is 2.31. The SMILES string of the molecule is CCOC(=O)[C@@H]1CCCN([C@@H](C)C(=O)Nc2ccccc2C#N)C1. The second kappa shape index (κ2) is 8.46. The van der Waals surface area contributed by atoms with Crippen LogP contribution in [0.2, 0.25) is 0 Å². The third-order valence-corrected chi connectivity index (χ3v) is 4.31. The van der Waals surface area contributed by atoms with Crippen LogP contribution in [0, 0.1) is 17.2 Å². The van der Waals surface area contributed by atoms with E-state index in [0.717, 1.165) is 19.4 Å². The predicted octanol–water partition coefficient (Wildman–Crippen LogP) is 2.16. The third kappa shape index (κ3) is 4.33. The van der Waals surface area contributed by atoms with Crippen molar-refractivity contribution in [2.24, 2.45) is 5.92 Å². The molecule has 0 saturated carbocycles. The average Bonchev–Trinajstić information content (AvgIpc) is 2.61. The summed E-state index contributed by atoms with van der Waals surface area (Å²) in [5, 5.41) is 11.9. The lowest BCUT2D eigenvalue weighted by atomic mass is 9.97. The molecule has 1 aliphatic rings. The molecule has 0 aliphatic carbocycles. The number of esters is 1. The van der Waals surface area contributed by atoms with Crippen molar-refractivity contribution in [2.45, 2.75) is 32.7 Å². The molecular formula is C18H23N3O3. The van der Waals surface area contributed by atoms with Gasteiger partial charge in [0, 0.05) is 6.54 Å². The van der Waals surface area contributed by atoms with Gasteiger partial charge in [0.2, 0.25) is 5.91 Å². The summed E-state index contributed by atoms with van der Waals surface area (Å²) in [5.74, 6) is -0.549. The van der Waals surface area contributed by atoms with Gasteiger partial charge < -0.3 is 10.1 Å². The van der Waals surface area contributed by atoms with E-state index in [2.05, 4.69) is 11.4 Å². The van der Waals surface area contributed by atoms with E-state index in [1.807, 2.05) is 11.8 Å². The van der Waals surface area contributed by atoms with Gasteiger partial charge in [-0.2, -0.15) is 5.26 Å². The molecule has 0 unspecified atom stereocenters. The fourth-order valence-electron chi connectivity index (χ4n) is 2.90. The van der Waals surface area contributed by atoms with Crippen LogP contribution in [0.25, 0.3) is 0 Å². The summed E-state index contributed by atoms with van der Waals surface area (Å²) in [6.45, 7) is 5.27. The first-order valence-electron chi connectivity index (χ1n) is 8.27. The number of likely N-dealkylation sites (tertiary alicyclic amines) is 1. The molecule has 2 atom stereocenters. The van der Waals surface area contributed by atoms with Crippen LogP contribution in [0.15, 0.2) is 24.3 Å². The molecule has 2 rings (SSSR count). The lowest BCUT2D eigenvalue weighted by Crippen LogP contribution is -2.48. The lowest BCUT2D eigenvalue weighted by Gasteiger charge is -2.35. The standard InChI is InChI=1S/C18H23N3O3/c1-3-24-18(23)15-8-6-10-21(12-15)13(2)17(22)20-16-9-5-4-7-14(16)11-19/h4-5,7,9,13,15H,3,6,8,10,12H2,1-2H3,(H,20,22)/t13-,15+/m0/s1. The minimum atomic E-state index is -0.381. The Hall–Kier alpha value is -2.39. The molecule has 0 bridgehead atoms. The topological polar surface area (TPSA) is 82.4 Å². The van der Waals surface area contributed by atoms with E-state index >= 15 is 0 Å². The number of hydrogen-bond acceptors (Lipinski definition) is 5. The predicted molar refractivity (Wildman–Crippen MR) is 90.2 cm³/mol. The molecule has 1 heterocycles. The largest absolute Gasteiger partial charge is 0.466 e. The molecule has 6 heteroatoms. The zero-order valence-electron chi connectivity index (χ0n) is 14.1. The van der Waals surface area contributed by atoms with Gasteiger partial charge in [-0.15, -0.1) is 0 Å². The number of carbonyl (C=O) groups excluding carboxylic acids is 2. The number of rotatable bonds is 5. The van der Waals surface area contributed by atoms with E-state index in [1.165, 1.54) is 0 Å². The Kier molecular flexibility index (Phi) is 6.33. The van der Waals surface area contributed by atoms with Crippen LogP contribution in [-0.4, -0.2) is 42.5 Å². The van der Waals surface area contributed by atoms with Crippen LogP contribution >= 0.6 is 0 Å². The summed E-state index contributed by atoms with van der Waals surface area (Å²) in [5.41, 5.74) is 0.942. The Bertz CT molecular complexity index is 639. The molecule has 0 radical (unpaired) electrons. The van der Waals surface area contributed by atoms with Gasteiger partial charge >= 0.3 is 5.97 Å². The van der Waals surface area contributed by atoms with E-state index in [0.29, 0.717) is 24.4 Å². The highest BCUT2D eigenvalue weighted by atomic mass is 16.5. The van der Waals surface area contributed by atoms with Gasteiger partial charge in [0.1, 0.15) is 6.07 Å². The third-order valence-electron chi connectivity index (χ3n) is 4.31. The Balaban J connectivity index is 2.00. The fraction of sp³-hybridized carbons (Fsp3) is 0.500. The van der Waals surface area contributed by atoms with Crippen molar-refractivity contribution in [3.05, 3.63) is 29.8 Å². The van der Waals surface area contributed by atoms with Gasteiger partial charge in [-0.25, -0.2) is 0 Å². The van der Waals surface area contributed by atoms with Crippen LogP contribution < -0.4 is 5.32 Å². The minimum absolute atomic E-state index is 0.179. The van der Waals surface area contributed by atoms with E-state index in [9.17, 15) is 9.59 Å². The number of amides is 1. The number of benzene rings is 1. The Morgan fingerprint density at radius 2 is 2.21 bits per heavy atom. The van der Waals surface area contributed by atoms with Crippen molar-refractivity contribution >= 4 is 17.6 Å². The normalized spacial score (nSPS) is 19.1. The molecule has 0 spiro atoms. The zero-order chi connectivity index (χ0) is 17.5. The van der Waals surface area contributed by atoms with E-state index in [4.69, 9.17) is 10.00 Å². The summed E-state index contributed by atoms with van der Waals surface area (Å²) in [7, 11) is 0. The van der Waals surface area contributed by atoms with Crippen molar-refractivity contribution in [3.63, 3.8) is 0 Å². The fourth-order valence-corrected chi connectivity index (χ4v) is 2.90. The summed E-state index contributed by atoms with van der Waals surface area (Å²) in [4.78, 5) is 26.4. The number of anilines is 1. The molecule has 1 fully saturated rings. The van der Waals surface area contributed by atoms with Crippen molar-refractivity contribution in [2.75, 3.05) is 25.0 Å². The molecule has 1 aromatic rings. The smallest absolute Gasteiger partial charge is 0.310 e. The van der Waals surface area contributed by atoms with E-state index < -0.39 is 0 Å². The quantitative estimate of drug-likeness (QED) is 0.837. The zero-order valence-corrected chi connectivity index (χ0v) is 14.1. The number of hydrogen-bond donors (Lipinski definition) is 1. The number of nitrogens with one attached hydrogen (secondary N) is 1. The first kappa shape index (κ1) is 18.0. The monoisotopic (exact) mass is 329 g/mol. The maximum atomic E-state index is 12.5. The Morgan fingerprint density at radius 3 is 2.92 bits per heavy atom. The van der Waals surface area contributed by atoms with E-state index in [-0.39, 0.29) is 23.8 Å². The maximum Gasteiger partial charge on any atom is 0.310 e. The summed E-state index contributed by atoms with van der Waals surface area (Å²) >= 11 is 0. The highest BCUT2D eigenvalue weighted by Crippen LogP contribution is 2.21. The number of para-hydroxylation sites is 1. The van der Waals surface area contributed by atoms with Crippen LogP contribution in [0.5, 0.6) is 0 Å². The second-order valence-electron chi connectivity index (χ2n) is 5.91. The summed E-state index contributed by atoms with van der Waals surface area (Å²) < 4.78 is 5.09. The van der Waals surface area contributed by atoms with Crippen molar-refractivity contribution in [1.82, 2.24) is 4.90 Å². The van der Waals surface area contributed by atoms with Crippen LogP contribution in [0.1, 0.15) is 32.3 Å². The molecule has 1 saturated heterocycles. The first-order valence-corrected chi connectivity index (χ1v) is 8.27. The average molecular weight is 329 g/mol. The number of ether oxygens (including phenoxy) is 1. The number of piperidine rings is 1.